The third-order valence-corrected chi connectivity index (χ3v) is 5.07. The van der Waals surface area contributed by atoms with E-state index < -0.39 is 0 Å². The molecule has 5 aromatic rings. The van der Waals surface area contributed by atoms with Gasteiger partial charge in [0.1, 0.15) is 17.8 Å². The number of aldehydes is 1. The van der Waals surface area contributed by atoms with Crippen molar-refractivity contribution in [3.63, 3.8) is 0 Å². The molecule has 0 amide bonds. The van der Waals surface area contributed by atoms with Crippen LogP contribution in [0, 0.1) is 0 Å². The molecule has 0 saturated heterocycles. The molecule has 3 aromatic heterocycles. The van der Waals surface area contributed by atoms with Gasteiger partial charge in [-0.05, 0) is 30.3 Å². The van der Waals surface area contributed by atoms with Crippen LogP contribution in [0.25, 0.3) is 27.9 Å². The maximum Gasteiger partial charge on any atom is 0.257 e. The SMILES string of the molecule is CN(c1cccc(-c2cnc(C=O)cn2)c1)c1nc2nncn2c2cc(Cl)ccc12. The molecule has 0 aliphatic rings. The van der Waals surface area contributed by atoms with Gasteiger partial charge in [0.05, 0.1) is 23.6 Å². The molecule has 0 atom stereocenters. The monoisotopic (exact) mass is 415 g/mol. The number of aromatic nitrogens is 6. The summed E-state index contributed by atoms with van der Waals surface area (Å²) >= 11 is 6.22. The Labute approximate surface area is 175 Å². The van der Waals surface area contributed by atoms with Gasteiger partial charge in [-0.1, -0.05) is 23.7 Å². The fraction of sp³-hybridized carbons (Fsp3) is 0.0476. The molecule has 0 radical (unpaired) electrons. The van der Waals surface area contributed by atoms with E-state index in [1.807, 2.05) is 54.4 Å². The lowest BCUT2D eigenvalue weighted by Crippen LogP contribution is -2.13. The van der Waals surface area contributed by atoms with Gasteiger partial charge in [-0.3, -0.25) is 14.2 Å². The highest BCUT2D eigenvalue weighted by atomic mass is 35.5. The van der Waals surface area contributed by atoms with Crippen molar-refractivity contribution in [3.05, 3.63) is 71.9 Å². The van der Waals surface area contributed by atoms with E-state index in [1.165, 1.54) is 6.20 Å². The summed E-state index contributed by atoms with van der Waals surface area (Å²) < 4.78 is 1.80. The molecule has 0 aliphatic heterocycles. The second-order valence-electron chi connectivity index (χ2n) is 6.65. The molecule has 146 valence electrons. The number of hydrogen-bond donors (Lipinski definition) is 0. The van der Waals surface area contributed by atoms with Gasteiger partial charge in [0.25, 0.3) is 5.78 Å². The third-order valence-electron chi connectivity index (χ3n) is 4.84. The minimum Gasteiger partial charge on any atom is -0.329 e. The maximum absolute atomic E-state index is 10.8. The van der Waals surface area contributed by atoms with E-state index in [2.05, 4.69) is 20.2 Å². The van der Waals surface area contributed by atoms with Gasteiger partial charge in [-0.2, -0.15) is 4.98 Å². The fourth-order valence-electron chi connectivity index (χ4n) is 3.32. The Hall–Kier alpha value is -3.91. The molecule has 0 bridgehead atoms. The number of halogens is 1. The van der Waals surface area contributed by atoms with Crippen LogP contribution in [-0.4, -0.2) is 42.9 Å². The Balaban J connectivity index is 1.63. The molecule has 3 heterocycles. The number of nitrogens with zero attached hydrogens (tertiary/aromatic N) is 7. The minimum atomic E-state index is 0.294. The third kappa shape index (κ3) is 3.03. The van der Waals surface area contributed by atoms with Crippen molar-refractivity contribution < 1.29 is 4.79 Å². The highest BCUT2D eigenvalue weighted by Crippen LogP contribution is 2.32. The Morgan fingerprint density at radius 1 is 1.10 bits per heavy atom. The van der Waals surface area contributed by atoms with Crippen molar-refractivity contribution in [2.24, 2.45) is 0 Å². The van der Waals surface area contributed by atoms with Gasteiger partial charge in [0.2, 0.25) is 0 Å². The van der Waals surface area contributed by atoms with E-state index in [4.69, 9.17) is 16.6 Å². The van der Waals surface area contributed by atoms with Crippen LogP contribution in [-0.2, 0) is 0 Å². The molecule has 0 unspecified atom stereocenters. The van der Waals surface area contributed by atoms with E-state index >= 15 is 0 Å². The molecule has 8 nitrogen and oxygen atoms in total. The Kier molecular flexibility index (Phi) is 4.33. The van der Waals surface area contributed by atoms with Crippen LogP contribution in [0.1, 0.15) is 10.5 Å². The molecule has 2 aromatic carbocycles. The summed E-state index contributed by atoms with van der Waals surface area (Å²) in [6.45, 7) is 0. The Bertz CT molecular complexity index is 1400. The highest BCUT2D eigenvalue weighted by molar-refractivity contribution is 6.31. The molecule has 0 spiro atoms. The quantitative estimate of drug-likeness (QED) is 0.410. The zero-order valence-electron chi connectivity index (χ0n) is 15.8. The van der Waals surface area contributed by atoms with E-state index in [9.17, 15) is 4.79 Å². The smallest absolute Gasteiger partial charge is 0.257 e. The second-order valence-corrected chi connectivity index (χ2v) is 7.09. The maximum atomic E-state index is 10.8. The van der Waals surface area contributed by atoms with Gasteiger partial charge in [0.15, 0.2) is 6.29 Å². The van der Waals surface area contributed by atoms with Crippen LogP contribution in [0.5, 0.6) is 0 Å². The lowest BCUT2D eigenvalue weighted by Gasteiger charge is -2.21. The predicted octanol–water partition coefficient (Wildman–Crippen LogP) is 3.97. The summed E-state index contributed by atoms with van der Waals surface area (Å²) in [4.78, 5) is 25.9. The van der Waals surface area contributed by atoms with Crippen LogP contribution in [0.3, 0.4) is 0 Å². The summed E-state index contributed by atoms with van der Waals surface area (Å²) in [6.07, 6.45) is 5.33. The topological polar surface area (TPSA) is 89.2 Å². The van der Waals surface area contributed by atoms with E-state index in [-0.39, 0.29) is 0 Å². The van der Waals surface area contributed by atoms with Crippen molar-refractivity contribution in [2.75, 3.05) is 11.9 Å². The summed E-state index contributed by atoms with van der Waals surface area (Å²) in [7, 11) is 1.93. The van der Waals surface area contributed by atoms with Crippen LogP contribution in [0.15, 0.2) is 61.2 Å². The van der Waals surface area contributed by atoms with Crippen LogP contribution in [0.2, 0.25) is 5.02 Å². The van der Waals surface area contributed by atoms with Gasteiger partial charge >= 0.3 is 0 Å². The predicted molar refractivity (Wildman–Crippen MR) is 114 cm³/mol. The van der Waals surface area contributed by atoms with Crippen molar-refractivity contribution in [3.8, 4) is 11.3 Å². The fourth-order valence-corrected chi connectivity index (χ4v) is 3.49. The number of anilines is 2. The number of benzene rings is 2. The average molecular weight is 416 g/mol. The Morgan fingerprint density at radius 3 is 2.80 bits per heavy atom. The summed E-state index contributed by atoms with van der Waals surface area (Å²) in [5.74, 6) is 1.21. The number of carbonyl (C=O) groups is 1. The number of fused-ring (bicyclic) bond motifs is 3. The summed E-state index contributed by atoms with van der Waals surface area (Å²) in [5.41, 5.74) is 3.61. The van der Waals surface area contributed by atoms with E-state index in [1.54, 1.807) is 16.9 Å². The molecular formula is C21H14ClN7O. The molecule has 0 saturated carbocycles. The lowest BCUT2D eigenvalue weighted by molar-refractivity contribution is 0.111. The summed E-state index contributed by atoms with van der Waals surface area (Å²) in [5, 5.41) is 9.61. The van der Waals surface area contributed by atoms with Gasteiger partial charge < -0.3 is 4.90 Å². The first-order valence-electron chi connectivity index (χ1n) is 9.04. The normalized spacial score (nSPS) is 11.1. The number of hydrogen-bond acceptors (Lipinski definition) is 7. The zero-order chi connectivity index (χ0) is 20.7. The van der Waals surface area contributed by atoms with E-state index in [0.29, 0.717) is 28.5 Å². The summed E-state index contributed by atoms with van der Waals surface area (Å²) in [6, 6.07) is 13.5. The molecule has 30 heavy (non-hydrogen) atoms. The first kappa shape index (κ1) is 18.1. The highest BCUT2D eigenvalue weighted by Gasteiger charge is 2.15. The minimum absolute atomic E-state index is 0.294. The van der Waals surface area contributed by atoms with Crippen LogP contribution in [0.4, 0.5) is 11.5 Å². The molecular weight excluding hydrogens is 402 g/mol. The average Bonchev–Trinajstić information content (AvgIpc) is 3.27. The van der Waals surface area contributed by atoms with Crippen molar-refractivity contribution in [1.29, 1.82) is 0 Å². The first-order valence-corrected chi connectivity index (χ1v) is 9.42. The Morgan fingerprint density at radius 2 is 2.00 bits per heavy atom. The lowest BCUT2D eigenvalue weighted by atomic mass is 10.1. The van der Waals surface area contributed by atoms with Gasteiger partial charge in [-0.15, -0.1) is 10.2 Å². The standard InChI is InChI=1S/C21H14ClN7O/c1-28(16-4-2-3-13(7-16)18-10-23-15(11-30)9-24-18)20-17-6-5-14(22)8-19(17)29-12-25-27-21(29)26-20/h2-12H,1H3. The zero-order valence-corrected chi connectivity index (χ0v) is 16.5. The van der Waals surface area contributed by atoms with Gasteiger partial charge in [0, 0.05) is 28.7 Å². The molecule has 0 fully saturated rings. The molecule has 0 aliphatic carbocycles. The largest absolute Gasteiger partial charge is 0.329 e. The number of carbonyl (C=O) groups excluding carboxylic acids is 1. The molecule has 9 heteroatoms. The van der Waals surface area contributed by atoms with Crippen LogP contribution < -0.4 is 4.90 Å². The van der Waals surface area contributed by atoms with E-state index in [0.717, 1.165) is 28.0 Å². The second kappa shape index (κ2) is 7.16. The molecule has 0 N–H and O–H groups in total. The molecule has 5 rings (SSSR count). The van der Waals surface area contributed by atoms with Crippen molar-refractivity contribution >= 4 is 46.1 Å². The van der Waals surface area contributed by atoms with Crippen molar-refractivity contribution in [1.82, 2.24) is 29.5 Å². The van der Waals surface area contributed by atoms with Crippen LogP contribution >= 0.6 is 11.6 Å². The van der Waals surface area contributed by atoms with Crippen molar-refractivity contribution in [2.45, 2.75) is 0 Å². The number of rotatable bonds is 4. The first-order chi connectivity index (χ1) is 14.6. The van der Waals surface area contributed by atoms with Gasteiger partial charge in [-0.25, -0.2) is 4.98 Å².